The molecule has 2 N–H and O–H groups in total. The number of aromatic amines is 1. The van der Waals surface area contributed by atoms with Gasteiger partial charge in [-0.25, -0.2) is 23.4 Å². The normalized spacial score (nSPS) is 24.0. The number of fused-ring (bicyclic) bond motifs is 4. The van der Waals surface area contributed by atoms with Gasteiger partial charge in [0, 0.05) is 17.8 Å². The lowest BCUT2D eigenvalue weighted by Gasteiger charge is -2.45. The molecule has 0 aromatic carbocycles. The fourth-order valence-corrected chi connectivity index (χ4v) is 6.21. The highest BCUT2D eigenvalue weighted by molar-refractivity contribution is 7.92. The summed E-state index contributed by atoms with van der Waals surface area (Å²) in [7, 11) is -3.46. The first-order valence-electron chi connectivity index (χ1n) is 10.6. The molecule has 1 aliphatic carbocycles. The number of hydrogen-bond acceptors (Lipinski definition) is 9. The number of rotatable bonds is 3. The lowest BCUT2D eigenvalue weighted by Crippen LogP contribution is -2.56. The van der Waals surface area contributed by atoms with Gasteiger partial charge in [-0.15, -0.1) is 0 Å². The van der Waals surface area contributed by atoms with Crippen molar-refractivity contribution in [3.8, 4) is 22.9 Å². The van der Waals surface area contributed by atoms with Crippen molar-refractivity contribution < 1.29 is 23.0 Å². The lowest BCUT2D eigenvalue weighted by atomic mass is 10.1. The van der Waals surface area contributed by atoms with Crippen LogP contribution in [0.15, 0.2) is 18.5 Å². The van der Waals surface area contributed by atoms with Crippen LogP contribution in [0.1, 0.15) is 25.5 Å². The topological polar surface area (TPSA) is 131 Å². The maximum atomic E-state index is 12.8. The van der Waals surface area contributed by atoms with Gasteiger partial charge in [-0.3, -0.25) is 0 Å². The molecule has 11 heteroatoms. The molecule has 0 amide bonds. The fraction of sp³-hybridized carbons (Fsp3) is 0.476. The predicted molar refractivity (Wildman–Crippen MR) is 117 cm³/mol. The van der Waals surface area contributed by atoms with Crippen molar-refractivity contribution in [1.82, 2.24) is 19.9 Å². The highest BCUT2D eigenvalue weighted by atomic mass is 32.2. The zero-order valence-corrected chi connectivity index (χ0v) is 18.5. The van der Waals surface area contributed by atoms with E-state index < -0.39 is 14.6 Å². The molecule has 10 nitrogen and oxygen atoms in total. The van der Waals surface area contributed by atoms with Crippen molar-refractivity contribution in [1.29, 1.82) is 0 Å². The summed E-state index contributed by atoms with van der Waals surface area (Å²) in [6, 6.07) is 1.78. The Morgan fingerprint density at radius 3 is 2.81 bits per heavy atom. The molecule has 5 heterocycles. The predicted octanol–water partition coefficient (Wildman–Crippen LogP) is 1.75. The molecule has 2 unspecified atom stereocenters. The van der Waals surface area contributed by atoms with E-state index in [-0.39, 0.29) is 23.7 Å². The minimum Gasteiger partial charge on any atom is -0.506 e. The number of hydrogen-bond donors (Lipinski definition) is 2. The van der Waals surface area contributed by atoms with Crippen LogP contribution < -0.4 is 9.64 Å². The highest BCUT2D eigenvalue weighted by Gasteiger charge is 2.58. The van der Waals surface area contributed by atoms with Gasteiger partial charge in [0.15, 0.2) is 27.2 Å². The van der Waals surface area contributed by atoms with Crippen molar-refractivity contribution in [2.45, 2.75) is 36.6 Å². The Morgan fingerprint density at radius 1 is 1.25 bits per heavy atom. The molecule has 2 aliphatic heterocycles. The number of ether oxygens (including phenoxy) is 2. The van der Waals surface area contributed by atoms with Gasteiger partial charge in [-0.1, -0.05) is 0 Å². The highest BCUT2D eigenvalue weighted by Crippen LogP contribution is 2.57. The minimum atomic E-state index is -3.46. The smallest absolute Gasteiger partial charge is 0.185 e. The van der Waals surface area contributed by atoms with E-state index in [0.717, 1.165) is 0 Å². The SMILES string of the molecule is CC1COCC2COc3c(nc(-c4c(O)cnc5[nH]ccc45)nc3C3(S(C)(=O)=O)CC3)N12. The van der Waals surface area contributed by atoms with Gasteiger partial charge in [0.2, 0.25) is 0 Å². The molecule has 2 fully saturated rings. The molecular weight excluding hydrogens is 434 g/mol. The van der Waals surface area contributed by atoms with Crippen LogP contribution >= 0.6 is 0 Å². The summed E-state index contributed by atoms with van der Waals surface area (Å²) in [5, 5.41) is 11.4. The number of anilines is 1. The number of nitrogens with one attached hydrogen (secondary N) is 1. The molecule has 3 aromatic heterocycles. The van der Waals surface area contributed by atoms with Crippen LogP contribution in [0.4, 0.5) is 5.82 Å². The largest absolute Gasteiger partial charge is 0.506 e. The van der Waals surface area contributed by atoms with Crippen LogP contribution in [0.3, 0.4) is 0 Å². The van der Waals surface area contributed by atoms with Gasteiger partial charge < -0.3 is 24.5 Å². The molecule has 1 saturated heterocycles. The number of sulfone groups is 1. The first-order valence-corrected chi connectivity index (χ1v) is 12.5. The second kappa shape index (κ2) is 6.55. The summed E-state index contributed by atoms with van der Waals surface area (Å²) in [4.78, 5) is 18.9. The molecule has 1 saturated carbocycles. The summed E-state index contributed by atoms with van der Waals surface area (Å²) in [5.74, 6) is 1.14. The van der Waals surface area contributed by atoms with E-state index in [1.54, 1.807) is 12.3 Å². The van der Waals surface area contributed by atoms with Crippen molar-refractivity contribution in [2.75, 3.05) is 31.0 Å². The number of aromatic nitrogens is 4. The number of H-pyrrole nitrogens is 1. The molecule has 0 spiro atoms. The van der Waals surface area contributed by atoms with Gasteiger partial charge in [0.05, 0.1) is 37.1 Å². The van der Waals surface area contributed by atoms with Crippen LogP contribution in [-0.2, 0) is 19.3 Å². The van der Waals surface area contributed by atoms with Gasteiger partial charge >= 0.3 is 0 Å². The van der Waals surface area contributed by atoms with E-state index in [4.69, 9.17) is 19.4 Å². The molecule has 0 radical (unpaired) electrons. The first-order chi connectivity index (χ1) is 15.3. The van der Waals surface area contributed by atoms with Gasteiger partial charge in [0.25, 0.3) is 0 Å². The molecule has 0 bridgehead atoms. The fourth-order valence-electron chi connectivity index (χ4n) is 4.88. The number of aromatic hydroxyl groups is 1. The Hall–Kier alpha value is -2.92. The average molecular weight is 458 g/mol. The minimum absolute atomic E-state index is 0.0266. The summed E-state index contributed by atoms with van der Waals surface area (Å²) in [6.07, 6.45) is 5.26. The number of pyridine rings is 1. The van der Waals surface area contributed by atoms with Crippen LogP contribution in [0.5, 0.6) is 11.5 Å². The molecular formula is C21H23N5O5S. The Morgan fingerprint density at radius 2 is 2.06 bits per heavy atom. The van der Waals surface area contributed by atoms with Gasteiger partial charge in [-0.05, 0) is 25.8 Å². The zero-order valence-electron chi connectivity index (χ0n) is 17.7. The van der Waals surface area contributed by atoms with Crippen LogP contribution in [-0.4, -0.2) is 71.6 Å². The van der Waals surface area contributed by atoms with Crippen LogP contribution in [0, 0.1) is 0 Å². The third-order valence-corrected chi connectivity index (χ3v) is 8.71. The monoisotopic (exact) mass is 457 g/mol. The zero-order chi connectivity index (χ0) is 22.3. The summed E-state index contributed by atoms with van der Waals surface area (Å²) >= 11 is 0. The summed E-state index contributed by atoms with van der Waals surface area (Å²) in [6.45, 7) is 3.44. The first kappa shape index (κ1) is 19.7. The summed E-state index contributed by atoms with van der Waals surface area (Å²) < 4.78 is 36.3. The van der Waals surface area contributed by atoms with E-state index in [1.807, 2.05) is 6.92 Å². The molecule has 3 aromatic rings. The maximum absolute atomic E-state index is 12.8. The van der Waals surface area contributed by atoms with Crippen molar-refractivity contribution in [3.05, 3.63) is 24.2 Å². The van der Waals surface area contributed by atoms with E-state index in [2.05, 4.69) is 14.9 Å². The summed E-state index contributed by atoms with van der Waals surface area (Å²) in [5.41, 5.74) is 1.36. The molecule has 6 rings (SSSR count). The second-order valence-corrected chi connectivity index (χ2v) is 11.2. The molecule has 2 atom stereocenters. The number of morpholine rings is 1. The Balaban J connectivity index is 1.66. The maximum Gasteiger partial charge on any atom is 0.185 e. The standard InChI is InChI=1S/C21H23N5O5S/c1-11-8-30-9-12-10-31-16-17(21(4-5-21)32(2,28)29)24-19(25-20(16)26(11)12)15-13-3-6-22-18(13)23-7-14(15)27/h3,6-7,11-12,27H,4-5,8-10H2,1-2H3,(H,22,23). The number of nitrogens with zero attached hydrogens (tertiary/aromatic N) is 4. The molecule has 32 heavy (non-hydrogen) atoms. The van der Waals surface area contributed by atoms with E-state index in [9.17, 15) is 13.5 Å². The quantitative estimate of drug-likeness (QED) is 0.604. The van der Waals surface area contributed by atoms with Gasteiger partial charge in [-0.2, -0.15) is 0 Å². The van der Waals surface area contributed by atoms with Crippen molar-refractivity contribution in [3.63, 3.8) is 0 Å². The Bertz CT molecular complexity index is 1350. The molecule has 168 valence electrons. The van der Waals surface area contributed by atoms with Crippen LogP contribution in [0.25, 0.3) is 22.4 Å². The van der Waals surface area contributed by atoms with Gasteiger partial charge in [0.1, 0.15) is 28.4 Å². The third kappa shape index (κ3) is 2.67. The second-order valence-electron chi connectivity index (χ2n) is 8.83. The Labute approximate surface area is 184 Å². The average Bonchev–Trinajstić information content (AvgIpc) is 3.45. The van der Waals surface area contributed by atoms with E-state index in [1.165, 1.54) is 12.5 Å². The van der Waals surface area contributed by atoms with Crippen molar-refractivity contribution >= 4 is 26.7 Å². The third-order valence-electron chi connectivity index (χ3n) is 6.69. The Kier molecular flexibility index (Phi) is 4.04. The van der Waals surface area contributed by atoms with E-state index in [0.29, 0.717) is 66.5 Å². The van der Waals surface area contributed by atoms with E-state index >= 15 is 0 Å². The van der Waals surface area contributed by atoms with Crippen molar-refractivity contribution in [2.24, 2.45) is 0 Å². The molecule has 3 aliphatic rings. The lowest BCUT2D eigenvalue weighted by molar-refractivity contribution is 0.0483. The van der Waals surface area contributed by atoms with Crippen LogP contribution in [0.2, 0.25) is 0 Å².